The lowest BCUT2D eigenvalue weighted by atomic mass is 9.90. The first-order valence-electron chi connectivity index (χ1n) is 10.3. The van der Waals surface area contributed by atoms with E-state index in [4.69, 9.17) is 9.84 Å². The molecule has 1 atom stereocenters. The minimum absolute atomic E-state index is 0.258. The maximum Gasteiger partial charge on any atom is 0.410 e. The normalized spacial score (nSPS) is 23.9. The second-order valence-corrected chi connectivity index (χ2v) is 8.49. The molecule has 2 aliphatic heterocycles. The predicted molar refractivity (Wildman–Crippen MR) is 109 cm³/mol. The van der Waals surface area contributed by atoms with E-state index in [0.29, 0.717) is 19.5 Å². The Balaban J connectivity index is 1.30. The number of rotatable bonds is 5. The Kier molecular flexibility index (Phi) is 5.46. The van der Waals surface area contributed by atoms with E-state index in [1.165, 1.54) is 11.1 Å². The van der Waals surface area contributed by atoms with Crippen molar-refractivity contribution in [2.24, 2.45) is 5.92 Å². The number of benzene rings is 1. The third kappa shape index (κ3) is 4.53. The number of aliphatic carboxylic acids is 1. The number of hydrogen-bond donors (Lipinski definition) is 1. The Hall–Kier alpha value is -2.60. The zero-order chi connectivity index (χ0) is 20.4. The van der Waals surface area contributed by atoms with Crippen molar-refractivity contribution in [2.75, 3.05) is 26.2 Å². The molecule has 2 fully saturated rings. The molecular weight excluding hydrogens is 368 g/mol. The van der Waals surface area contributed by atoms with Gasteiger partial charge in [-0.05, 0) is 24.5 Å². The van der Waals surface area contributed by atoms with Gasteiger partial charge in [0.15, 0.2) is 0 Å². The van der Waals surface area contributed by atoms with Crippen LogP contribution in [0.25, 0.3) is 0 Å². The molecule has 6 nitrogen and oxygen atoms in total. The van der Waals surface area contributed by atoms with E-state index >= 15 is 0 Å². The molecule has 29 heavy (non-hydrogen) atoms. The summed E-state index contributed by atoms with van der Waals surface area (Å²) in [6.45, 7) is 5.94. The lowest BCUT2D eigenvalue weighted by Gasteiger charge is -2.37. The van der Waals surface area contributed by atoms with Gasteiger partial charge >= 0.3 is 12.1 Å². The van der Waals surface area contributed by atoms with Crippen LogP contribution in [0, 0.1) is 12.8 Å². The minimum Gasteiger partial charge on any atom is -0.481 e. The Morgan fingerprint density at radius 3 is 2.55 bits per heavy atom. The summed E-state index contributed by atoms with van der Waals surface area (Å²) in [7, 11) is 0. The van der Waals surface area contributed by atoms with Crippen molar-refractivity contribution in [1.29, 1.82) is 0 Å². The Morgan fingerprint density at radius 2 is 1.93 bits per heavy atom. The summed E-state index contributed by atoms with van der Waals surface area (Å²) in [6.07, 6.45) is 7.36. The molecule has 2 saturated heterocycles. The highest BCUT2D eigenvalue weighted by atomic mass is 16.6. The zero-order valence-electron chi connectivity index (χ0n) is 16.8. The van der Waals surface area contributed by atoms with Gasteiger partial charge in [-0.15, -0.1) is 0 Å². The average molecular weight is 396 g/mol. The van der Waals surface area contributed by atoms with Crippen molar-refractivity contribution >= 4 is 12.1 Å². The van der Waals surface area contributed by atoms with Gasteiger partial charge in [-0.3, -0.25) is 14.6 Å². The zero-order valence-corrected chi connectivity index (χ0v) is 16.8. The summed E-state index contributed by atoms with van der Waals surface area (Å²) >= 11 is 0. The molecule has 6 heteroatoms. The predicted octanol–water partition coefficient (Wildman–Crippen LogP) is 3.37. The molecule has 1 aromatic carbocycles. The minimum atomic E-state index is -0.812. The first-order valence-corrected chi connectivity index (χ1v) is 10.3. The van der Waals surface area contributed by atoms with E-state index in [0.717, 1.165) is 38.0 Å². The lowest BCUT2D eigenvalue weighted by Crippen LogP contribution is -2.46. The number of likely N-dealkylation sites (tertiary alicyclic amines) is 1. The number of hydrogen-bond acceptors (Lipinski definition) is 4. The second-order valence-electron chi connectivity index (χ2n) is 8.49. The van der Waals surface area contributed by atoms with Crippen LogP contribution in [0.3, 0.4) is 0 Å². The van der Waals surface area contributed by atoms with E-state index in [1.807, 2.05) is 12.2 Å². The van der Waals surface area contributed by atoms with Gasteiger partial charge in [0.25, 0.3) is 0 Å². The molecule has 0 bridgehead atoms. The fraction of sp³-hybridized carbons (Fsp3) is 0.478. The number of carboxylic acids is 1. The molecule has 0 saturated carbocycles. The fourth-order valence-corrected chi connectivity index (χ4v) is 4.33. The molecule has 3 aliphatic rings. The van der Waals surface area contributed by atoms with Crippen LogP contribution in [-0.2, 0) is 16.1 Å². The van der Waals surface area contributed by atoms with Crippen LogP contribution in [0.5, 0.6) is 0 Å². The quantitative estimate of drug-likeness (QED) is 0.826. The smallest absolute Gasteiger partial charge is 0.410 e. The van der Waals surface area contributed by atoms with Gasteiger partial charge in [-0.2, -0.15) is 0 Å². The number of carbonyl (C=O) groups is 2. The molecule has 4 rings (SSSR count). The summed E-state index contributed by atoms with van der Waals surface area (Å²) in [5, 5.41) is 9.07. The van der Waals surface area contributed by atoms with Crippen LogP contribution >= 0.6 is 0 Å². The largest absolute Gasteiger partial charge is 0.481 e. The summed E-state index contributed by atoms with van der Waals surface area (Å²) in [6, 6.07) is 8.64. The first kappa shape index (κ1) is 19.7. The maximum absolute atomic E-state index is 12.4. The number of carboxylic acid groups (broad SMARTS) is 1. The monoisotopic (exact) mass is 396 g/mol. The van der Waals surface area contributed by atoms with Gasteiger partial charge < -0.3 is 9.84 Å². The Morgan fingerprint density at radius 1 is 1.21 bits per heavy atom. The SMILES string of the molecule is Cc1ccc(CN2CCC3(CC2)CN(CC2=CCC(C(=O)O)C=C2)C(=O)O3)cc1. The van der Waals surface area contributed by atoms with Crippen LogP contribution in [0.1, 0.15) is 30.4 Å². The molecule has 1 amide bonds. The Labute approximate surface area is 171 Å². The van der Waals surface area contributed by atoms with Crippen LogP contribution < -0.4 is 0 Å². The van der Waals surface area contributed by atoms with Crippen LogP contribution in [0.15, 0.2) is 48.1 Å². The summed E-state index contributed by atoms with van der Waals surface area (Å²) < 4.78 is 5.83. The molecule has 0 aromatic heterocycles. The van der Waals surface area contributed by atoms with E-state index in [2.05, 4.69) is 36.1 Å². The average Bonchev–Trinajstić information content (AvgIpc) is 3.01. The number of aryl methyl sites for hydroxylation is 1. The lowest BCUT2D eigenvalue weighted by molar-refractivity contribution is -0.139. The van der Waals surface area contributed by atoms with Gasteiger partial charge in [-0.1, -0.05) is 48.1 Å². The standard InChI is InChI=1S/C23H28N2O4/c1-17-2-4-18(5-3-17)14-24-12-10-23(11-13-24)16-25(22(28)29-23)15-19-6-8-20(9-7-19)21(26)27/h2-8,20H,9-16H2,1H3,(H,26,27). The third-order valence-electron chi connectivity index (χ3n) is 6.20. The highest BCUT2D eigenvalue weighted by Gasteiger charge is 2.46. The topological polar surface area (TPSA) is 70.1 Å². The molecule has 0 radical (unpaired) electrons. The summed E-state index contributed by atoms with van der Waals surface area (Å²) in [5.41, 5.74) is 3.18. The second kappa shape index (κ2) is 8.03. The van der Waals surface area contributed by atoms with Gasteiger partial charge in [0.2, 0.25) is 0 Å². The van der Waals surface area contributed by atoms with Crippen molar-refractivity contribution < 1.29 is 19.4 Å². The maximum atomic E-state index is 12.4. The highest BCUT2D eigenvalue weighted by molar-refractivity contribution is 5.73. The summed E-state index contributed by atoms with van der Waals surface area (Å²) in [4.78, 5) is 27.7. The highest BCUT2D eigenvalue weighted by Crippen LogP contribution is 2.34. The number of ether oxygens (including phenoxy) is 1. The van der Waals surface area contributed by atoms with E-state index < -0.39 is 11.9 Å². The number of carbonyl (C=O) groups excluding carboxylic acids is 1. The molecule has 2 heterocycles. The van der Waals surface area contributed by atoms with Crippen LogP contribution in [-0.4, -0.2) is 58.7 Å². The molecule has 1 N–H and O–H groups in total. The van der Waals surface area contributed by atoms with Crippen molar-refractivity contribution in [1.82, 2.24) is 9.80 Å². The van der Waals surface area contributed by atoms with Gasteiger partial charge in [0, 0.05) is 39.0 Å². The number of piperidine rings is 1. The molecular formula is C23H28N2O4. The van der Waals surface area contributed by atoms with E-state index in [-0.39, 0.29) is 11.7 Å². The van der Waals surface area contributed by atoms with Crippen molar-refractivity contribution in [2.45, 2.75) is 38.3 Å². The number of nitrogens with zero attached hydrogens (tertiary/aromatic N) is 2. The van der Waals surface area contributed by atoms with Crippen LogP contribution in [0.2, 0.25) is 0 Å². The first-order chi connectivity index (χ1) is 13.9. The molecule has 1 unspecified atom stereocenters. The van der Waals surface area contributed by atoms with Crippen LogP contribution in [0.4, 0.5) is 4.79 Å². The third-order valence-corrected chi connectivity index (χ3v) is 6.20. The van der Waals surface area contributed by atoms with Crippen molar-refractivity contribution in [3.8, 4) is 0 Å². The van der Waals surface area contributed by atoms with Gasteiger partial charge in [0.05, 0.1) is 12.5 Å². The van der Waals surface area contributed by atoms with Gasteiger partial charge in [0.1, 0.15) is 5.60 Å². The molecule has 1 aromatic rings. The molecule has 154 valence electrons. The summed E-state index contributed by atoms with van der Waals surface area (Å²) in [5.74, 6) is -1.28. The van der Waals surface area contributed by atoms with Gasteiger partial charge in [-0.25, -0.2) is 4.79 Å². The Bertz CT molecular complexity index is 835. The molecule has 1 spiro atoms. The van der Waals surface area contributed by atoms with Crippen molar-refractivity contribution in [3.05, 3.63) is 59.2 Å². The number of allylic oxidation sites excluding steroid dienone is 1. The van der Waals surface area contributed by atoms with E-state index in [1.54, 1.807) is 11.0 Å². The fourth-order valence-electron chi connectivity index (χ4n) is 4.33. The van der Waals surface area contributed by atoms with Crippen molar-refractivity contribution in [3.63, 3.8) is 0 Å². The van der Waals surface area contributed by atoms with E-state index in [9.17, 15) is 9.59 Å². The number of amides is 1. The molecule has 1 aliphatic carbocycles.